The van der Waals surface area contributed by atoms with E-state index in [0.717, 1.165) is 23.1 Å². The maximum absolute atomic E-state index is 6.69. The summed E-state index contributed by atoms with van der Waals surface area (Å²) in [4.78, 5) is 0. The van der Waals surface area contributed by atoms with Crippen molar-refractivity contribution in [1.29, 1.82) is 0 Å². The topological polar surface area (TPSA) is 9.23 Å². The molecule has 2 rings (SSSR count). The summed E-state index contributed by atoms with van der Waals surface area (Å²) >= 11 is 3.71. The van der Waals surface area contributed by atoms with E-state index in [9.17, 15) is 0 Å². The molecule has 2 heteroatoms. The third kappa shape index (κ3) is 3.30. The van der Waals surface area contributed by atoms with Gasteiger partial charge in [-0.25, -0.2) is 0 Å². The normalized spacial score (nSPS) is 36.2. The van der Waals surface area contributed by atoms with Crippen LogP contribution in [0.3, 0.4) is 0 Å². The van der Waals surface area contributed by atoms with Crippen molar-refractivity contribution in [3.05, 3.63) is 0 Å². The first kappa shape index (κ1) is 14.8. The summed E-state index contributed by atoms with van der Waals surface area (Å²) in [5.41, 5.74) is 0.162. The molecule has 2 fully saturated rings. The van der Waals surface area contributed by atoms with Gasteiger partial charge in [0, 0.05) is 5.33 Å². The van der Waals surface area contributed by atoms with Gasteiger partial charge in [0.15, 0.2) is 0 Å². The maximum Gasteiger partial charge on any atom is 0.0782 e. The number of hydrogen-bond donors (Lipinski definition) is 0. The minimum absolute atomic E-state index is 0.162. The molecule has 0 heterocycles. The van der Waals surface area contributed by atoms with Crippen molar-refractivity contribution in [3.8, 4) is 0 Å². The van der Waals surface area contributed by atoms with Gasteiger partial charge in [0.25, 0.3) is 0 Å². The monoisotopic (exact) mass is 316 g/mol. The van der Waals surface area contributed by atoms with Crippen LogP contribution in [0.1, 0.15) is 65.7 Å². The van der Waals surface area contributed by atoms with Crippen molar-refractivity contribution >= 4 is 15.9 Å². The molecule has 1 nitrogen and oxygen atoms in total. The fourth-order valence-electron chi connectivity index (χ4n) is 3.87. The van der Waals surface area contributed by atoms with Gasteiger partial charge in [-0.15, -0.1) is 0 Å². The largest absolute Gasteiger partial charge is 0.371 e. The molecular formula is C16H29BrO. The lowest BCUT2D eigenvalue weighted by Gasteiger charge is -2.42. The van der Waals surface area contributed by atoms with Crippen molar-refractivity contribution in [2.24, 2.45) is 17.8 Å². The summed E-state index contributed by atoms with van der Waals surface area (Å²) in [6.45, 7) is 7.13. The lowest BCUT2D eigenvalue weighted by Crippen LogP contribution is -2.43. The summed E-state index contributed by atoms with van der Waals surface area (Å²) in [6.07, 6.45) is 9.75. The third-order valence-electron chi connectivity index (χ3n) is 5.12. The third-order valence-corrected chi connectivity index (χ3v) is 6.14. The lowest BCUT2D eigenvalue weighted by atomic mass is 9.75. The van der Waals surface area contributed by atoms with Crippen molar-refractivity contribution in [1.82, 2.24) is 0 Å². The van der Waals surface area contributed by atoms with E-state index in [-0.39, 0.29) is 5.60 Å². The molecule has 0 saturated heterocycles. The molecule has 2 saturated carbocycles. The highest BCUT2D eigenvalue weighted by Gasteiger charge is 2.40. The Morgan fingerprint density at radius 3 is 2.44 bits per heavy atom. The quantitative estimate of drug-likeness (QED) is 0.650. The molecule has 106 valence electrons. The van der Waals surface area contributed by atoms with Crippen LogP contribution in [0.5, 0.6) is 0 Å². The highest BCUT2D eigenvalue weighted by atomic mass is 79.9. The smallest absolute Gasteiger partial charge is 0.0782 e. The number of hydrogen-bond acceptors (Lipinski definition) is 1. The standard InChI is InChI=1S/C16H29BrO/c1-12(2)14-7-6-13(3)10-15(14)18-16(11-17)8-4-5-9-16/h12-15H,4-11H2,1-3H3. The van der Waals surface area contributed by atoms with Gasteiger partial charge >= 0.3 is 0 Å². The zero-order valence-corrected chi connectivity index (χ0v) is 13.8. The Bertz CT molecular complexity index is 258. The molecule has 0 aromatic rings. The molecule has 0 radical (unpaired) electrons. The molecular weight excluding hydrogens is 288 g/mol. The van der Waals surface area contributed by atoms with Gasteiger partial charge in [-0.05, 0) is 43.4 Å². The van der Waals surface area contributed by atoms with Crippen molar-refractivity contribution in [2.75, 3.05) is 5.33 Å². The molecule has 0 N–H and O–H groups in total. The van der Waals surface area contributed by atoms with Gasteiger partial charge in [-0.2, -0.15) is 0 Å². The first-order valence-corrected chi connectivity index (χ1v) is 8.92. The molecule has 0 aromatic carbocycles. The number of ether oxygens (including phenoxy) is 1. The van der Waals surface area contributed by atoms with Gasteiger partial charge in [-0.1, -0.05) is 56.0 Å². The van der Waals surface area contributed by atoms with Crippen LogP contribution >= 0.6 is 15.9 Å². The van der Waals surface area contributed by atoms with Crippen molar-refractivity contribution in [2.45, 2.75) is 77.4 Å². The van der Waals surface area contributed by atoms with Gasteiger partial charge in [0.2, 0.25) is 0 Å². The van der Waals surface area contributed by atoms with E-state index in [1.54, 1.807) is 0 Å². The molecule has 3 unspecified atom stereocenters. The molecule has 0 bridgehead atoms. The molecule has 3 atom stereocenters. The first-order valence-electron chi connectivity index (χ1n) is 7.80. The fraction of sp³-hybridized carbons (Fsp3) is 1.00. The van der Waals surface area contributed by atoms with Crippen LogP contribution in [0.2, 0.25) is 0 Å². The van der Waals surface area contributed by atoms with Crippen LogP contribution in [0.4, 0.5) is 0 Å². The zero-order valence-electron chi connectivity index (χ0n) is 12.3. The molecule has 0 amide bonds. The second-order valence-electron chi connectivity index (χ2n) is 7.01. The van der Waals surface area contributed by atoms with Crippen LogP contribution in [-0.4, -0.2) is 17.0 Å². The van der Waals surface area contributed by atoms with E-state index >= 15 is 0 Å². The van der Waals surface area contributed by atoms with Crippen LogP contribution < -0.4 is 0 Å². The molecule has 2 aliphatic carbocycles. The number of halogens is 1. The van der Waals surface area contributed by atoms with Crippen LogP contribution in [0.15, 0.2) is 0 Å². The Hall–Kier alpha value is 0.440. The molecule has 18 heavy (non-hydrogen) atoms. The summed E-state index contributed by atoms with van der Waals surface area (Å²) in [5, 5.41) is 1.02. The highest BCUT2D eigenvalue weighted by molar-refractivity contribution is 9.09. The number of alkyl halides is 1. The fourth-order valence-corrected chi connectivity index (χ4v) is 4.57. The number of rotatable bonds is 4. The Labute approximate surface area is 121 Å². The average Bonchev–Trinajstić information content (AvgIpc) is 2.78. The van der Waals surface area contributed by atoms with Crippen LogP contribution in [-0.2, 0) is 4.74 Å². The molecule has 2 aliphatic rings. The van der Waals surface area contributed by atoms with E-state index < -0.39 is 0 Å². The SMILES string of the molecule is CC1CCC(C(C)C)C(OC2(CBr)CCCC2)C1. The summed E-state index contributed by atoms with van der Waals surface area (Å²) in [5.74, 6) is 2.38. The minimum atomic E-state index is 0.162. The summed E-state index contributed by atoms with van der Waals surface area (Å²) in [6, 6.07) is 0. The maximum atomic E-state index is 6.69. The second-order valence-corrected chi connectivity index (χ2v) is 7.57. The van der Waals surface area contributed by atoms with Gasteiger partial charge in [-0.3, -0.25) is 0 Å². The summed E-state index contributed by atoms with van der Waals surface area (Å²) in [7, 11) is 0. The predicted octanol–water partition coefficient (Wildman–Crippen LogP) is 5.17. The van der Waals surface area contributed by atoms with E-state index in [4.69, 9.17) is 4.74 Å². The predicted molar refractivity (Wildman–Crippen MR) is 81.2 cm³/mol. The minimum Gasteiger partial charge on any atom is -0.371 e. The van der Waals surface area contributed by atoms with E-state index in [1.165, 1.54) is 44.9 Å². The van der Waals surface area contributed by atoms with Crippen LogP contribution in [0.25, 0.3) is 0 Å². The molecule has 0 aromatic heterocycles. The summed E-state index contributed by atoms with van der Waals surface area (Å²) < 4.78 is 6.69. The van der Waals surface area contributed by atoms with E-state index in [2.05, 4.69) is 36.7 Å². The van der Waals surface area contributed by atoms with E-state index in [0.29, 0.717) is 6.10 Å². The van der Waals surface area contributed by atoms with E-state index in [1.807, 2.05) is 0 Å². The zero-order chi connectivity index (χ0) is 13.2. The Morgan fingerprint density at radius 2 is 1.89 bits per heavy atom. The van der Waals surface area contributed by atoms with Gasteiger partial charge in [0.1, 0.15) is 0 Å². The lowest BCUT2D eigenvalue weighted by molar-refractivity contribution is -0.125. The molecule has 0 spiro atoms. The van der Waals surface area contributed by atoms with Gasteiger partial charge < -0.3 is 4.74 Å². The average molecular weight is 317 g/mol. The Kier molecular flexibility index (Phi) is 5.16. The van der Waals surface area contributed by atoms with Crippen molar-refractivity contribution < 1.29 is 4.74 Å². The van der Waals surface area contributed by atoms with Gasteiger partial charge in [0.05, 0.1) is 11.7 Å². The van der Waals surface area contributed by atoms with Crippen molar-refractivity contribution in [3.63, 3.8) is 0 Å². The second kappa shape index (κ2) is 6.26. The first-order chi connectivity index (χ1) is 8.56. The Balaban J connectivity index is 2.03. The highest BCUT2D eigenvalue weighted by Crippen LogP contribution is 2.42. The molecule has 0 aliphatic heterocycles. The van der Waals surface area contributed by atoms with Crippen LogP contribution in [0, 0.1) is 17.8 Å². The Morgan fingerprint density at radius 1 is 1.22 bits per heavy atom.